The molecule has 1 N–H and O–H groups in total. The minimum atomic E-state index is 0.344. The van der Waals surface area contributed by atoms with Gasteiger partial charge in [-0.3, -0.25) is 0 Å². The number of benzene rings is 1. The minimum absolute atomic E-state index is 0.344. The number of aromatic nitrogens is 2. The number of fused-ring (bicyclic) bond motifs is 1. The van der Waals surface area contributed by atoms with Crippen LogP contribution in [0.3, 0.4) is 0 Å². The number of hydrogen-bond acceptors (Lipinski definition) is 4. The fourth-order valence-corrected chi connectivity index (χ4v) is 2.99. The van der Waals surface area contributed by atoms with Crippen molar-refractivity contribution >= 4 is 11.8 Å². The average Bonchev–Trinajstić information content (AvgIpc) is 2.55. The summed E-state index contributed by atoms with van der Waals surface area (Å²) in [5.74, 6) is 1.72. The molecule has 2 heterocycles. The van der Waals surface area contributed by atoms with E-state index in [1.54, 1.807) is 0 Å². The molecule has 116 valence electrons. The number of anilines is 2. The maximum Gasteiger partial charge on any atom is 0.224 e. The number of nitrogens with zero attached hydrogens (tertiary/aromatic N) is 3. The summed E-state index contributed by atoms with van der Waals surface area (Å²) in [6.07, 6.45) is 3.97. The second-order valence-electron chi connectivity index (χ2n) is 6.01. The Morgan fingerprint density at radius 3 is 2.95 bits per heavy atom. The Morgan fingerprint density at radius 1 is 1.32 bits per heavy atom. The van der Waals surface area contributed by atoms with Gasteiger partial charge in [-0.25, -0.2) is 4.98 Å². The third kappa shape index (κ3) is 2.91. The lowest BCUT2D eigenvalue weighted by molar-refractivity contribution is 0.616. The first-order valence-corrected chi connectivity index (χ1v) is 8.13. The van der Waals surface area contributed by atoms with Crippen molar-refractivity contribution in [2.45, 2.75) is 45.7 Å². The third-order valence-corrected chi connectivity index (χ3v) is 4.52. The largest absolute Gasteiger partial charge is 0.352 e. The second-order valence-corrected chi connectivity index (χ2v) is 6.01. The van der Waals surface area contributed by atoms with Crippen LogP contribution in [0, 0.1) is 0 Å². The van der Waals surface area contributed by atoms with Gasteiger partial charge in [-0.05, 0) is 43.9 Å². The lowest BCUT2D eigenvalue weighted by Crippen LogP contribution is -2.34. The molecule has 22 heavy (non-hydrogen) atoms. The molecule has 1 aromatic carbocycles. The van der Waals surface area contributed by atoms with Crippen LogP contribution in [0.4, 0.5) is 11.8 Å². The van der Waals surface area contributed by atoms with Gasteiger partial charge in [-0.1, -0.05) is 31.2 Å². The smallest absolute Gasteiger partial charge is 0.224 e. The molecule has 0 radical (unpaired) electrons. The van der Waals surface area contributed by atoms with Gasteiger partial charge >= 0.3 is 0 Å². The molecule has 0 bridgehead atoms. The summed E-state index contributed by atoms with van der Waals surface area (Å²) in [6.45, 7) is 7.56. The zero-order valence-corrected chi connectivity index (χ0v) is 13.6. The van der Waals surface area contributed by atoms with Gasteiger partial charge < -0.3 is 10.2 Å². The molecule has 0 fully saturated rings. The van der Waals surface area contributed by atoms with Gasteiger partial charge in [0.25, 0.3) is 0 Å². The average molecular weight is 296 g/mol. The maximum atomic E-state index is 4.71. The molecule has 3 rings (SSSR count). The number of rotatable bonds is 4. The molecule has 1 aliphatic rings. The first kappa shape index (κ1) is 14.8. The van der Waals surface area contributed by atoms with E-state index >= 15 is 0 Å². The van der Waals surface area contributed by atoms with Gasteiger partial charge in [0.05, 0.1) is 6.04 Å². The third-order valence-electron chi connectivity index (χ3n) is 4.52. The summed E-state index contributed by atoms with van der Waals surface area (Å²) in [6, 6.07) is 11.4. The highest BCUT2D eigenvalue weighted by molar-refractivity contribution is 5.49. The lowest BCUT2D eigenvalue weighted by Gasteiger charge is -2.36. The molecule has 0 aliphatic carbocycles. The Bertz CT molecular complexity index is 640. The first-order chi connectivity index (χ1) is 10.7. The first-order valence-electron chi connectivity index (χ1n) is 8.13. The fraction of sp³-hybridized carbons (Fsp3) is 0.444. The summed E-state index contributed by atoms with van der Waals surface area (Å²) < 4.78 is 0. The van der Waals surface area contributed by atoms with Crippen molar-refractivity contribution < 1.29 is 0 Å². The van der Waals surface area contributed by atoms with Crippen LogP contribution in [0.1, 0.15) is 44.4 Å². The molecule has 2 atom stereocenters. The Balaban J connectivity index is 1.84. The van der Waals surface area contributed by atoms with E-state index in [4.69, 9.17) is 4.98 Å². The van der Waals surface area contributed by atoms with Crippen molar-refractivity contribution in [2.24, 2.45) is 0 Å². The van der Waals surface area contributed by atoms with Crippen LogP contribution < -0.4 is 10.2 Å². The SMILES string of the molecule is CC[C@H](C)Nc1nccc(N2CCc3ccccc3[C@H]2C)n1. The highest BCUT2D eigenvalue weighted by Crippen LogP contribution is 2.32. The monoisotopic (exact) mass is 296 g/mol. The van der Waals surface area contributed by atoms with E-state index in [0.29, 0.717) is 12.1 Å². The number of nitrogens with one attached hydrogen (secondary N) is 1. The molecule has 0 saturated heterocycles. The van der Waals surface area contributed by atoms with Crippen molar-refractivity contribution in [1.82, 2.24) is 9.97 Å². The van der Waals surface area contributed by atoms with Crippen molar-refractivity contribution in [3.05, 3.63) is 47.7 Å². The molecule has 0 spiro atoms. The summed E-state index contributed by atoms with van der Waals surface area (Å²) in [4.78, 5) is 11.4. The van der Waals surface area contributed by atoms with Crippen molar-refractivity contribution in [3.63, 3.8) is 0 Å². The molecule has 2 aromatic rings. The summed E-state index contributed by atoms with van der Waals surface area (Å²) in [5.41, 5.74) is 2.86. The maximum absolute atomic E-state index is 4.71. The summed E-state index contributed by atoms with van der Waals surface area (Å²) in [7, 11) is 0. The molecular weight excluding hydrogens is 272 g/mol. The van der Waals surface area contributed by atoms with Crippen LogP contribution in [0.25, 0.3) is 0 Å². The van der Waals surface area contributed by atoms with E-state index < -0.39 is 0 Å². The van der Waals surface area contributed by atoms with E-state index in [0.717, 1.165) is 31.2 Å². The molecule has 1 aromatic heterocycles. The Kier molecular flexibility index (Phi) is 4.27. The van der Waals surface area contributed by atoms with Gasteiger partial charge in [0.1, 0.15) is 5.82 Å². The van der Waals surface area contributed by atoms with Gasteiger partial charge in [0.2, 0.25) is 5.95 Å². The fourth-order valence-electron chi connectivity index (χ4n) is 2.99. The van der Waals surface area contributed by atoms with Crippen LogP contribution in [0.5, 0.6) is 0 Å². The summed E-state index contributed by atoms with van der Waals surface area (Å²) in [5, 5.41) is 3.36. The minimum Gasteiger partial charge on any atom is -0.352 e. The molecule has 0 unspecified atom stereocenters. The van der Waals surface area contributed by atoms with Crippen molar-refractivity contribution in [2.75, 3.05) is 16.8 Å². The van der Waals surface area contributed by atoms with Gasteiger partial charge in [-0.15, -0.1) is 0 Å². The van der Waals surface area contributed by atoms with Crippen LogP contribution in [-0.4, -0.2) is 22.6 Å². The van der Waals surface area contributed by atoms with E-state index in [2.05, 4.69) is 60.2 Å². The Labute approximate surface area is 132 Å². The van der Waals surface area contributed by atoms with Crippen LogP contribution >= 0.6 is 0 Å². The molecular formula is C18H24N4. The van der Waals surface area contributed by atoms with Crippen molar-refractivity contribution in [1.29, 1.82) is 0 Å². The predicted octanol–water partition coefficient (Wildman–Crippen LogP) is 3.81. The van der Waals surface area contributed by atoms with E-state index in [9.17, 15) is 0 Å². The molecule has 0 saturated carbocycles. The Morgan fingerprint density at radius 2 is 2.14 bits per heavy atom. The Hall–Kier alpha value is -2.10. The highest BCUT2D eigenvalue weighted by atomic mass is 15.2. The molecule has 0 amide bonds. The van der Waals surface area contributed by atoms with Gasteiger partial charge in [-0.2, -0.15) is 4.98 Å². The van der Waals surface area contributed by atoms with Crippen LogP contribution in [0.15, 0.2) is 36.5 Å². The lowest BCUT2D eigenvalue weighted by atomic mass is 9.94. The second kappa shape index (κ2) is 6.34. The van der Waals surface area contributed by atoms with Gasteiger partial charge in [0, 0.05) is 18.8 Å². The highest BCUT2D eigenvalue weighted by Gasteiger charge is 2.24. The molecule has 1 aliphatic heterocycles. The zero-order chi connectivity index (χ0) is 15.5. The normalized spacial score (nSPS) is 18.7. The summed E-state index contributed by atoms with van der Waals surface area (Å²) >= 11 is 0. The van der Waals surface area contributed by atoms with Gasteiger partial charge in [0.15, 0.2) is 0 Å². The predicted molar refractivity (Wildman–Crippen MR) is 91.3 cm³/mol. The van der Waals surface area contributed by atoms with E-state index in [1.807, 2.05) is 12.3 Å². The molecule has 4 heteroatoms. The van der Waals surface area contributed by atoms with Crippen molar-refractivity contribution in [3.8, 4) is 0 Å². The number of hydrogen-bond donors (Lipinski definition) is 1. The van der Waals surface area contributed by atoms with E-state index in [-0.39, 0.29) is 0 Å². The zero-order valence-electron chi connectivity index (χ0n) is 13.6. The quantitative estimate of drug-likeness (QED) is 0.931. The molecule has 4 nitrogen and oxygen atoms in total. The topological polar surface area (TPSA) is 41.1 Å². The van der Waals surface area contributed by atoms with E-state index in [1.165, 1.54) is 11.1 Å². The van der Waals surface area contributed by atoms with Crippen LogP contribution in [-0.2, 0) is 6.42 Å². The van der Waals surface area contributed by atoms with Crippen LogP contribution in [0.2, 0.25) is 0 Å². The standard InChI is InChI=1S/C18H24N4/c1-4-13(2)20-18-19-11-9-17(21-18)22-12-10-15-7-5-6-8-16(15)14(22)3/h5-9,11,13-14H,4,10,12H2,1-3H3,(H,19,20,21)/t13-,14+/m0/s1.